The van der Waals surface area contributed by atoms with Crippen molar-refractivity contribution in [3.8, 4) is 5.75 Å². The zero-order valence-electron chi connectivity index (χ0n) is 13.6. The number of hydrogen-bond acceptors (Lipinski definition) is 4. The van der Waals surface area contributed by atoms with Gasteiger partial charge in [-0.15, -0.1) is 0 Å². The molecule has 0 spiro atoms. The molecule has 0 radical (unpaired) electrons. The molecule has 0 aliphatic rings. The van der Waals surface area contributed by atoms with Crippen molar-refractivity contribution >= 4 is 23.2 Å². The first-order chi connectivity index (χ1) is 11.5. The fourth-order valence-electron chi connectivity index (χ4n) is 1.78. The van der Waals surface area contributed by atoms with E-state index in [9.17, 15) is 9.59 Å². The molecule has 6 nitrogen and oxygen atoms in total. The summed E-state index contributed by atoms with van der Waals surface area (Å²) in [5.41, 5.74) is 4.38. The van der Waals surface area contributed by atoms with Crippen LogP contribution in [0.2, 0.25) is 0 Å². The van der Waals surface area contributed by atoms with Crippen molar-refractivity contribution in [2.75, 3.05) is 5.32 Å². The molecule has 0 aliphatic carbocycles. The minimum absolute atomic E-state index is 0.462. The van der Waals surface area contributed by atoms with Gasteiger partial charge in [0.1, 0.15) is 12.4 Å². The average Bonchev–Trinajstić information content (AvgIpc) is 2.60. The second-order valence-corrected chi connectivity index (χ2v) is 5.25. The molecular formula is C18H19N3O3. The third kappa shape index (κ3) is 5.57. The highest BCUT2D eigenvalue weighted by Gasteiger charge is 2.12. The highest BCUT2D eigenvalue weighted by atomic mass is 16.5. The third-order valence-electron chi connectivity index (χ3n) is 2.95. The lowest BCUT2D eigenvalue weighted by Crippen LogP contribution is -2.32. The lowest BCUT2D eigenvalue weighted by atomic mass is 10.2. The molecule has 2 N–H and O–H groups in total. The lowest BCUT2D eigenvalue weighted by Gasteiger charge is -2.08. The van der Waals surface area contributed by atoms with Crippen LogP contribution >= 0.6 is 0 Å². The Morgan fingerprint density at radius 3 is 2.25 bits per heavy atom. The molecule has 124 valence electrons. The van der Waals surface area contributed by atoms with Crippen LogP contribution in [0.4, 0.5) is 5.69 Å². The van der Waals surface area contributed by atoms with Crippen LogP contribution in [0.25, 0.3) is 0 Å². The van der Waals surface area contributed by atoms with E-state index in [-0.39, 0.29) is 0 Å². The Balaban J connectivity index is 1.86. The molecule has 2 rings (SSSR count). The van der Waals surface area contributed by atoms with E-state index in [0.717, 1.165) is 5.56 Å². The van der Waals surface area contributed by atoms with E-state index in [1.165, 1.54) is 0 Å². The molecule has 2 amide bonds. The Kier molecular flexibility index (Phi) is 6.08. The maximum atomic E-state index is 11.7. The van der Waals surface area contributed by atoms with Crippen LogP contribution in [0.1, 0.15) is 19.4 Å². The van der Waals surface area contributed by atoms with Crippen molar-refractivity contribution in [1.29, 1.82) is 0 Å². The molecule has 0 unspecified atom stereocenters. The maximum absolute atomic E-state index is 11.7. The van der Waals surface area contributed by atoms with Crippen molar-refractivity contribution < 1.29 is 14.3 Å². The van der Waals surface area contributed by atoms with Gasteiger partial charge in [0, 0.05) is 11.4 Å². The smallest absolute Gasteiger partial charge is 0.329 e. The van der Waals surface area contributed by atoms with Gasteiger partial charge in [-0.2, -0.15) is 5.10 Å². The molecule has 0 atom stereocenters. The maximum Gasteiger partial charge on any atom is 0.329 e. The van der Waals surface area contributed by atoms with Gasteiger partial charge in [0.15, 0.2) is 0 Å². The number of ether oxygens (including phenoxy) is 1. The summed E-state index contributed by atoms with van der Waals surface area (Å²) in [6, 6.07) is 16.6. The molecular weight excluding hydrogens is 306 g/mol. The third-order valence-corrected chi connectivity index (χ3v) is 2.95. The second-order valence-electron chi connectivity index (χ2n) is 5.25. The van der Waals surface area contributed by atoms with Crippen molar-refractivity contribution in [3.05, 3.63) is 60.2 Å². The Morgan fingerprint density at radius 2 is 1.62 bits per heavy atom. The molecule has 2 aromatic rings. The van der Waals surface area contributed by atoms with E-state index in [2.05, 4.69) is 15.8 Å². The van der Waals surface area contributed by atoms with Crippen molar-refractivity contribution in [2.45, 2.75) is 20.5 Å². The Bertz CT molecular complexity index is 721. The number of rotatable bonds is 5. The molecule has 0 heterocycles. The average molecular weight is 325 g/mol. The second kappa shape index (κ2) is 8.47. The topological polar surface area (TPSA) is 79.8 Å². The molecule has 24 heavy (non-hydrogen) atoms. The molecule has 0 bridgehead atoms. The fourth-order valence-corrected chi connectivity index (χ4v) is 1.78. The SMILES string of the molecule is CC(C)=NNC(=O)C(=O)Nc1ccc(OCc2ccccc2)cc1. The van der Waals surface area contributed by atoms with Crippen molar-refractivity contribution in [3.63, 3.8) is 0 Å². The van der Waals surface area contributed by atoms with Gasteiger partial charge < -0.3 is 10.1 Å². The Hall–Kier alpha value is -3.15. The van der Waals surface area contributed by atoms with Crippen molar-refractivity contribution in [1.82, 2.24) is 5.43 Å². The largest absolute Gasteiger partial charge is 0.489 e. The number of anilines is 1. The summed E-state index contributed by atoms with van der Waals surface area (Å²) in [6.45, 7) is 3.89. The van der Waals surface area contributed by atoms with Gasteiger partial charge in [-0.1, -0.05) is 30.3 Å². The van der Waals surface area contributed by atoms with Gasteiger partial charge in [0.05, 0.1) is 0 Å². The first-order valence-corrected chi connectivity index (χ1v) is 7.43. The van der Waals surface area contributed by atoms with Gasteiger partial charge in [0.25, 0.3) is 0 Å². The highest BCUT2D eigenvalue weighted by molar-refractivity contribution is 6.39. The van der Waals surface area contributed by atoms with Crippen LogP contribution in [0.5, 0.6) is 5.75 Å². The molecule has 0 fully saturated rings. The summed E-state index contributed by atoms with van der Waals surface area (Å²) in [5.74, 6) is -0.925. The minimum Gasteiger partial charge on any atom is -0.489 e. The minimum atomic E-state index is -0.819. The molecule has 0 saturated heterocycles. The van der Waals surface area contributed by atoms with Crippen LogP contribution in [0.3, 0.4) is 0 Å². The quantitative estimate of drug-likeness (QED) is 0.504. The highest BCUT2D eigenvalue weighted by Crippen LogP contribution is 2.17. The van der Waals surface area contributed by atoms with Crippen LogP contribution in [0, 0.1) is 0 Å². The van der Waals surface area contributed by atoms with Crippen molar-refractivity contribution in [2.24, 2.45) is 5.10 Å². The number of amides is 2. The van der Waals surface area contributed by atoms with E-state index in [4.69, 9.17) is 4.74 Å². The lowest BCUT2D eigenvalue weighted by molar-refractivity contribution is -0.136. The van der Waals surface area contributed by atoms with E-state index in [1.54, 1.807) is 38.1 Å². The summed E-state index contributed by atoms with van der Waals surface area (Å²) in [7, 11) is 0. The van der Waals surface area contributed by atoms with Crippen LogP contribution in [-0.2, 0) is 16.2 Å². The summed E-state index contributed by atoms with van der Waals surface area (Å²) in [5, 5.41) is 6.18. The monoisotopic (exact) mass is 325 g/mol. The zero-order chi connectivity index (χ0) is 17.4. The standard InChI is InChI=1S/C18H19N3O3/c1-13(2)20-21-18(23)17(22)19-15-8-10-16(11-9-15)24-12-14-6-4-3-5-7-14/h3-11H,12H2,1-2H3,(H,19,22)(H,21,23). The first kappa shape index (κ1) is 17.2. The summed E-state index contributed by atoms with van der Waals surface area (Å²) >= 11 is 0. The number of hydrogen-bond donors (Lipinski definition) is 2. The fraction of sp³-hybridized carbons (Fsp3) is 0.167. The van der Waals surface area contributed by atoms with Gasteiger partial charge in [-0.05, 0) is 43.7 Å². The van der Waals surface area contributed by atoms with Gasteiger partial charge in [-0.25, -0.2) is 5.43 Å². The Morgan fingerprint density at radius 1 is 0.958 bits per heavy atom. The number of hydrazone groups is 1. The summed E-state index contributed by atoms with van der Waals surface area (Å²) in [6.07, 6.45) is 0. The van der Waals surface area contributed by atoms with E-state index < -0.39 is 11.8 Å². The van der Waals surface area contributed by atoms with Gasteiger partial charge >= 0.3 is 11.8 Å². The van der Waals surface area contributed by atoms with Crippen LogP contribution in [-0.4, -0.2) is 17.5 Å². The molecule has 0 aliphatic heterocycles. The van der Waals surface area contributed by atoms with E-state index in [1.807, 2.05) is 30.3 Å². The predicted molar refractivity (Wildman–Crippen MR) is 92.8 cm³/mol. The van der Waals surface area contributed by atoms with Crippen LogP contribution < -0.4 is 15.5 Å². The molecule has 6 heteroatoms. The number of nitrogens with zero attached hydrogens (tertiary/aromatic N) is 1. The summed E-state index contributed by atoms with van der Waals surface area (Å²) in [4.78, 5) is 23.2. The number of nitrogens with one attached hydrogen (secondary N) is 2. The predicted octanol–water partition coefficient (Wildman–Crippen LogP) is 2.72. The Labute approximate surface area is 140 Å². The summed E-state index contributed by atoms with van der Waals surface area (Å²) < 4.78 is 5.65. The number of benzene rings is 2. The molecule has 0 saturated carbocycles. The molecule has 0 aromatic heterocycles. The van der Waals surface area contributed by atoms with E-state index in [0.29, 0.717) is 23.8 Å². The van der Waals surface area contributed by atoms with E-state index >= 15 is 0 Å². The molecule has 2 aromatic carbocycles. The zero-order valence-corrected chi connectivity index (χ0v) is 13.6. The van der Waals surface area contributed by atoms with Gasteiger partial charge in [0.2, 0.25) is 0 Å². The number of carbonyl (C=O) groups is 2. The normalized spacial score (nSPS) is 9.75. The van der Waals surface area contributed by atoms with Crippen LogP contribution in [0.15, 0.2) is 59.7 Å². The van der Waals surface area contributed by atoms with Gasteiger partial charge in [-0.3, -0.25) is 9.59 Å². The first-order valence-electron chi connectivity index (χ1n) is 7.43. The number of carbonyl (C=O) groups excluding carboxylic acids is 2.